The van der Waals surface area contributed by atoms with Crippen LogP contribution in [-0.2, 0) is 4.79 Å². The lowest BCUT2D eigenvalue weighted by atomic mass is 10.1. The fourth-order valence-electron chi connectivity index (χ4n) is 0.704. The molecule has 100 valence electrons. The van der Waals surface area contributed by atoms with Gasteiger partial charge in [0.15, 0.2) is 0 Å². The van der Waals surface area contributed by atoms with E-state index < -0.39 is 36.0 Å². The van der Waals surface area contributed by atoms with Crippen molar-refractivity contribution in [2.24, 2.45) is 0 Å². The number of hydrogen-bond donors (Lipinski definition) is 1. The van der Waals surface area contributed by atoms with Gasteiger partial charge in [0.25, 0.3) is 0 Å². The number of aliphatic carboxylic acids is 1. The maximum Gasteiger partial charge on any atom is 0.459 e. The molecular formula is C8H7F7O2. The van der Waals surface area contributed by atoms with Crippen molar-refractivity contribution in [3.63, 3.8) is 0 Å². The van der Waals surface area contributed by atoms with E-state index in [1.54, 1.807) is 0 Å². The Bertz CT molecular complexity index is 329. The second-order valence-electron chi connectivity index (χ2n) is 3.17. The van der Waals surface area contributed by atoms with Crippen LogP contribution in [0.25, 0.3) is 0 Å². The van der Waals surface area contributed by atoms with Crippen molar-refractivity contribution in [3.05, 3.63) is 11.6 Å². The van der Waals surface area contributed by atoms with Gasteiger partial charge in [-0.1, -0.05) is 6.08 Å². The minimum atomic E-state index is -6.40. The van der Waals surface area contributed by atoms with Crippen LogP contribution >= 0.6 is 0 Å². The summed E-state index contributed by atoms with van der Waals surface area (Å²) in [5.41, 5.74) is -0.748. The quantitative estimate of drug-likeness (QED) is 0.627. The Morgan fingerprint density at radius 2 is 1.53 bits per heavy atom. The lowest BCUT2D eigenvalue weighted by Crippen LogP contribution is -2.51. The van der Waals surface area contributed by atoms with Gasteiger partial charge in [0, 0.05) is 12.0 Å². The molecule has 0 aromatic rings. The minimum Gasteiger partial charge on any atom is -0.478 e. The van der Waals surface area contributed by atoms with Gasteiger partial charge in [-0.2, -0.15) is 30.7 Å². The van der Waals surface area contributed by atoms with Gasteiger partial charge in [0.05, 0.1) is 0 Å². The molecule has 0 saturated heterocycles. The average molecular weight is 268 g/mol. The van der Waals surface area contributed by atoms with Crippen molar-refractivity contribution >= 4 is 5.97 Å². The van der Waals surface area contributed by atoms with Gasteiger partial charge < -0.3 is 5.11 Å². The molecule has 0 rings (SSSR count). The first kappa shape index (κ1) is 15.7. The van der Waals surface area contributed by atoms with Crippen molar-refractivity contribution in [1.82, 2.24) is 0 Å². The van der Waals surface area contributed by atoms with Crippen LogP contribution in [-0.4, -0.2) is 29.1 Å². The highest BCUT2D eigenvalue weighted by Crippen LogP contribution is 2.48. The molecule has 0 radical (unpaired) electrons. The van der Waals surface area contributed by atoms with Crippen LogP contribution in [0.1, 0.15) is 13.3 Å². The third-order valence-corrected chi connectivity index (χ3v) is 1.82. The van der Waals surface area contributed by atoms with Crippen LogP contribution in [0.3, 0.4) is 0 Å². The van der Waals surface area contributed by atoms with E-state index in [4.69, 9.17) is 5.11 Å². The second kappa shape index (κ2) is 4.53. The first-order valence-corrected chi connectivity index (χ1v) is 4.05. The molecule has 2 nitrogen and oxygen atoms in total. The highest BCUT2D eigenvalue weighted by Gasteiger charge is 2.72. The Balaban J connectivity index is 5.05. The predicted octanol–water partition coefficient (Wildman–Crippen LogP) is 3.24. The summed E-state index contributed by atoms with van der Waals surface area (Å²) in [7, 11) is 0. The lowest BCUT2D eigenvalue weighted by molar-refractivity contribution is -0.353. The van der Waals surface area contributed by atoms with Crippen LogP contribution in [0, 0.1) is 0 Å². The summed E-state index contributed by atoms with van der Waals surface area (Å²) >= 11 is 0. The smallest absolute Gasteiger partial charge is 0.459 e. The van der Waals surface area contributed by atoms with Gasteiger partial charge in [0.2, 0.25) is 0 Å². The molecule has 0 amide bonds. The molecule has 0 saturated carbocycles. The van der Waals surface area contributed by atoms with Gasteiger partial charge in [-0.25, -0.2) is 4.79 Å². The maximum absolute atomic E-state index is 12.6. The van der Waals surface area contributed by atoms with Crippen molar-refractivity contribution in [1.29, 1.82) is 0 Å². The number of carbonyl (C=O) groups is 1. The molecule has 1 N–H and O–H groups in total. The van der Waals surface area contributed by atoms with Gasteiger partial charge in [-0.15, -0.1) is 0 Å². The van der Waals surface area contributed by atoms with Gasteiger partial charge in [0.1, 0.15) is 0 Å². The number of halogens is 7. The molecule has 0 spiro atoms. The van der Waals surface area contributed by atoms with Crippen LogP contribution in [0.5, 0.6) is 0 Å². The molecule has 0 fully saturated rings. The number of hydrogen-bond acceptors (Lipinski definition) is 1. The fraction of sp³-hybridized carbons (Fsp3) is 0.625. The summed E-state index contributed by atoms with van der Waals surface area (Å²) in [6.45, 7) is 0.796. The molecule has 9 heteroatoms. The van der Waals surface area contributed by atoms with Crippen molar-refractivity contribution in [2.45, 2.75) is 31.4 Å². The Kier molecular flexibility index (Phi) is 4.19. The van der Waals surface area contributed by atoms with Crippen molar-refractivity contribution in [2.75, 3.05) is 0 Å². The monoisotopic (exact) mass is 268 g/mol. The van der Waals surface area contributed by atoms with Crippen LogP contribution in [0.2, 0.25) is 0 Å². The molecule has 0 bridgehead atoms. The molecule has 0 aromatic carbocycles. The molecule has 0 atom stereocenters. The Hall–Kier alpha value is -1.28. The normalized spacial score (nSPS) is 14.9. The zero-order valence-electron chi connectivity index (χ0n) is 8.29. The Morgan fingerprint density at radius 3 is 1.82 bits per heavy atom. The first-order chi connectivity index (χ1) is 7.33. The molecule has 0 aliphatic heterocycles. The number of allylic oxidation sites excluding steroid dienone is 1. The van der Waals surface area contributed by atoms with E-state index in [9.17, 15) is 35.5 Å². The minimum absolute atomic E-state index is 0.113. The largest absolute Gasteiger partial charge is 0.478 e. The van der Waals surface area contributed by atoms with Gasteiger partial charge in [-0.05, 0) is 6.92 Å². The standard InChI is InChI=1S/C8H7F7O2/c1-4(5(16)17)2-3-6(9,10)7(11,12)8(13,14)15/h2H,3H2,1H3,(H,16,17). The third-order valence-electron chi connectivity index (χ3n) is 1.82. The number of carboxylic acid groups (broad SMARTS) is 1. The average Bonchev–Trinajstić information content (AvgIpc) is 2.11. The third kappa shape index (κ3) is 3.34. The van der Waals surface area contributed by atoms with Gasteiger partial charge in [-0.3, -0.25) is 0 Å². The number of alkyl halides is 7. The summed E-state index contributed by atoms with van der Waals surface area (Å²) in [5, 5.41) is 8.22. The highest BCUT2D eigenvalue weighted by atomic mass is 19.4. The first-order valence-electron chi connectivity index (χ1n) is 4.05. The van der Waals surface area contributed by atoms with E-state index in [0.29, 0.717) is 0 Å². The lowest BCUT2D eigenvalue weighted by Gasteiger charge is -2.27. The summed E-state index contributed by atoms with van der Waals surface area (Å²) in [6, 6.07) is 0. The van der Waals surface area contributed by atoms with E-state index in [1.807, 2.05) is 0 Å². The molecule has 0 unspecified atom stereocenters. The molecule has 17 heavy (non-hydrogen) atoms. The molecule has 0 aliphatic carbocycles. The number of rotatable bonds is 4. The molecule has 0 aliphatic rings. The van der Waals surface area contributed by atoms with Gasteiger partial charge >= 0.3 is 24.0 Å². The van der Waals surface area contributed by atoms with Crippen molar-refractivity contribution < 1.29 is 40.6 Å². The molecular weight excluding hydrogens is 261 g/mol. The van der Waals surface area contributed by atoms with E-state index >= 15 is 0 Å². The summed E-state index contributed by atoms with van der Waals surface area (Å²) < 4.78 is 84.8. The topological polar surface area (TPSA) is 37.3 Å². The van der Waals surface area contributed by atoms with E-state index in [2.05, 4.69) is 0 Å². The SMILES string of the molecule is CC(=CCC(F)(F)C(F)(F)C(F)(F)F)C(=O)O. The molecule has 0 aromatic heterocycles. The van der Waals surface area contributed by atoms with Crippen LogP contribution in [0.15, 0.2) is 11.6 Å². The highest BCUT2D eigenvalue weighted by molar-refractivity contribution is 5.85. The zero-order chi connectivity index (χ0) is 14.1. The predicted molar refractivity (Wildman–Crippen MR) is 42.0 cm³/mol. The van der Waals surface area contributed by atoms with Crippen LogP contribution in [0.4, 0.5) is 30.7 Å². The van der Waals surface area contributed by atoms with E-state index in [-0.39, 0.29) is 6.08 Å². The maximum atomic E-state index is 12.6. The second-order valence-corrected chi connectivity index (χ2v) is 3.17. The molecule has 0 heterocycles. The number of carboxylic acids is 1. The van der Waals surface area contributed by atoms with E-state index in [0.717, 1.165) is 6.92 Å². The Morgan fingerprint density at radius 1 is 1.12 bits per heavy atom. The van der Waals surface area contributed by atoms with E-state index in [1.165, 1.54) is 0 Å². The Labute approximate surface area is 90.7 Å². The fourth-order valence-corrected chi connectivity index (χ4v) is 0.704. The van der Waals surface area contributed by atoms with Crippen molar-refractivity contribution in [3.8, 4) is 0 Å². The zero-order valence-corrected chi connectivity index (χ0v) is 8.29. The van der Waals surface area contributed by atoms with Crippen LogP contribution < -0.4 is 0 Å². The summed E-state index contributed by atoms with van der Waals surface area (Å²) in [5.74, 6) is -13.3. The summed E-state index contributed by atoms with van der Waals surface area (Å²) in [4.78, 5) is 10.1. The summed E-state index contributed by atoms with van der Waals surface area (Å²) in [6.07, 6.45) is -8.30.